The summed E-state index contributed by atoms with van der Waals surface area (Å²) >= 11 is 0. The summed E-state index contributed by atoms with van der Waals surface area (Å²) in [5.41, 5.74) is 4.18. The number of hydrogen-bond donors (Lipinski definition) is 0. The highest BCUT2D eigenvalue weighted by Crippen LogP contribution is 2.43. The SMILES string of the molecule is CC(C)(C)c1cc(C2CC2)cn(C2CCOC(CC(C)(C)c3cc(C4CC4)cn(C4CCCOC4)c3=O)C2)c1=O. The van der Waals surface area contributed by atoms with E-state index in [2.05, 4.69) is 59.1 Å². The van der Waals surface area contributed by atoms with Gasteiger partial charge >= 0.3 is 0 Å². The molecule has 218 valence electrons. The minimum absolute atomic E-state index is 0.00115. The number of pyridine rings is 2. The molecule has 4 heterocycles. The van der Waals surface area contributed by atoms with E-state index in [1.807, 2.05) is 9.13 Å². The van der Waals surface area contributed by atoms with Crippen LogP contribution in [-0.4, -0.2) is 35.1 Å². The van der Waals surface area contributed by atoms with Crippen LogP contribution in [0.3, 0.4) is 0 Å². The molecule has 6 heteroatoms. The molecule has 3 atom stereocenters. The molecule has 40 heavy (non-hydrogen) atoms. The first kappa shape index (κ1) is 28.0. The van der Waals surface area contributed by atoms with E-state index in [0.717, 1.165) is 49.8 Å². The molecule has 3 unspecified atom stereocenters. The Balaban J connectivity index is 1.27. The average molecular weight is 549 g/mol. The first-order chi connectivity index (χ1) is 19.0. The van der Waals surface area contributed by atoms with Crippen molar-refractivity contribution in [2.45, 2.75) is 133 Å². The maximum Gasteiger partial charge on any atom is 0.254 e. The Bertz CT molecular complexity index is 1350. The largest absolute Gasteiger partial charge is 0.379 e. The summed E-state index contributed by atoms with van der Waals surface area (Å²) in [6.07, 6.45) is 13.5. The average Bonchev–Trinajstić information content (AvgIpc) is 3.82. The van der Waals surface area contributed by atoms with E-state index in [-0.39, 0.29) is 40.1 Å². The fourth-order valence-corrected chi connectivity index (χ4v) is 6.97. The van der Waals surface area contributed by atoms with Crippen LogP contribution in [0.2, 0.25) is 0 Å². The van der Waals surface area contributed by atoms with Gasteiger partial charge < -0.3 is 18.6 Å². The molecule has 0 N–H and O–H groups in total. The highest BCUT2D eigenvalue weighted by Gasteiger charge is 2.36. The van der Waals surface area contributed by atoms with Gasteiger partial charge in [0.15, 0.2) is 0 Å². The molecule has 0 amide bonds. The predicted molar refractivity (Wildman–Crippen MR) is 159 cm³/mol. The molecule has 2 aromatic rings. The van der Waals surface area contributed by atoms with Crippen LogP contribution in [0, 0.1) is 0 Å². The van der Waals surface area contributed by atoms with Crippen molar-refractivity contribution in [3.05, 3.63) is 67.5 Å². The van der Waals surface area contributed by atoms with Crippen LogP contribution in [0.1, 0.15) is 139 Å². The van der Waals surface area contributed by atoms with Crippen LogP contribution in [0.25, 0.3) is 0 Å². The molecule has 0 bridgehead atoms. The molecule has 0 aromatic carbocycles. The molecule has 0 spiro atoms. The van der Waals surface area contributed by atoms with Crippen molar-refractivity contribution in [2.75, 3.05) is 19.8 Å². The predicted octanol–water partition coefficient (Wildman–Crippen LogP) is 6.50. The van der Waals surface area contributed by atoms with Gasteiger partial charge in [0.25, 0.3) is 11.1 Å². The summed E-state index contributed by atoms with van der Waals surface area (Å²) in [5.74, 6) is 1.17. The summed E-state index contributed by atoms with van der Waals surface area (Å²) in [7, 11) is 0. The number of hydrogen-bond acceptors (Lipinski definition) is 4. The van der Waals surface area contributed by atoms with Gasteiger partial charge in [-0.05, 0) is 104 Å². The third kappa shape index (κ3) is 5.76. The molecule has 2 aliphatic carbocycles. The van der Waals surface area contributed by atoms with Crippen molar-refractivity contribution in [3.8, 4) is 0 Å². The molecule has 4 aliphatic rings. The lowest BCUT2D eigenvalue weighted by Crippen LogP contribution is -2.41. The topological polar surface area (TPSA) is 62.5 Å². The lowest BCUT2D eigenvalue weighted by molar-refractivity contribution is -0.0205. The smallest absolute Gasteiger partial charge is 0.254 e. The molecule has 0 radical (unpaired) electrons. The molecule has 2 saturated heterocycles. The molecule has 4 fully saturated rings. The minimum atomic E-state index is -0.344. The fourth-order valence-electron chi connectivity index (χ4n) is 6.97. The maximum atomic E-state index is 13.9. The van der Waals surface area contributed by atoms with Crippen molar-refractivity contribution in [3.63, 3.8) is 0 Å². The van der Waals surface area contributed by atoms with Crippen LogP contribution in [0.5, 0.6) is 0 Å². The Labute approximate surface area is 239 Å². The van der Waals surface area contributed by atoms with E-state index in [1.165, 1.54) is 36.8 Å². The third-order valence-electron chi connectivity index (χ3n) is 9.76. The summed E-state index contributed by atoms with van der Waals surface area (Å²) in [5, 5.41) is 0. The Hall–Kier alpha value is -2.18. The fraction of sp³-hybridized carbons (Fsp3) is 0.706. The first-order valence-electron chi connectivity index (χ1n) is 15.7. The van der Waals surface area contributed by atoms with Crippen LogP contribution in [0.15, 0.2) is 34.1 Å². The van der Waals surface area contributed by atoms with Gasteiger partial charge in [-0.15, -0.1) is 0 Å². The van der Waals surface area contributed by atoms with Gasteiger partial charge in [-0.1, -0.05) is 34.6 Å². The summed E-state index contributed by atoms with van der Waals surface area (Å²) in [6.45, 7) is 12.9. The van der Waals surface area contributed by atoms with Gasteiger partial charge in [0.2, 0.25) is 0 Å². The van der Waals surface area contributed by atoms with Crippen LogP contribution < -0.4 is 11.1 Å². The molecule has 6 rings (SSSR count). The maximum absolute atomic E-state index is 13.9. The van der Waals surface area contributed by atoms with E-state index in [9.17, 15) is 9.59 Å². The van der Waals surface area contributed by atoms with Gasteiger partial charge in [0.1, 0.15) is 0 Å². The lowest BCUT2D eigenvalue weighted by Gasteiger charge is -2.37. The highest BCUT2D eigenvalue weighted by atomic mass is 16.5. The quantitative estimate of drug-likeness (QED) is 0.396. The minimum Gasteiger partial charge on any atom is -0.379 e. The van der Waals surface area contributed by atoms with E-state index in [1.54, 1.807) is 0 Å². The second-order valence-electron chi connectivity index (χ2n) is 14.7. The molecule has 2 aromatic heterocycles. The van der Waals surface area contributed by atoms with Crippen LogP contribution in [0.4, 0.5) is 0 Å². The molecular formula is C34H48N2O4. The van der Waals surface area contributed by atoms with Gasteiger partial charge in [0.05, 0.1) is 18.8 Å². The monoisotopic (exact) mass is 548 g/mol. The van der Waals surface area contributed by atoms with Crippen LogP contribution in [-0.2, 0) is 20.3 Å². The van der Waals surface area contributed by atoms with E-state index >= 15 is 0 Å². The summed E-state index contributed by atoms with van der Waals surface area (Å²) in [6, 6.07) is 4.61. The zero-order valence-corrected chi connectivity index (χ0v) is 25.2. The number of ether oxygens (including phenoxy) is 2. The van der Waals surface area contributed by atoms with Crippen LogP contribution >= 0.6 is 0 Å². The number of aromatic nitrogens is 2. The van der Waals surface area contributed by atoms with Crippen molar-refractivity contribution in [1.82, 2.24) is 9.13 Å². The van der Waals surface area contributed by atoms with Gasteiger partial charge in [-0.2, -0.15) is 0 Å². The van der Waals surface area contributed by atoms with E-state index in [4.69, 9.17) is 9.47 Å². The Morgan fingerprint density at radius 2 is 1.38 bits per heavy atom. The van der Waals surface area contributed by atoms with Gasteiger partial charge in [0, 0.05) is 42.8 Å². The molecule has 2 aliphatic heterocycles. The zero-order valence-electron chi connectivity index (χ0n) is 25.2. The highest BCUT2D eigenvalue weighted by molar-refractivity contribution is 5.32. The standard InChI is InChI=1S/C34H48N2O4/c1-33(2,3)29-15-24(22-8-9-22)19-35(31(29)37)26-12-14-40-28(17-26)18-34(4,5)30-16-25(23-10-11-23)20-36(32(30)38)27-7-6-13-39-21-27/h15-16,19-20,22-23,26-28H,6-14,17-18,21H2,1-5H3. The van der Waals surface area contributed by atoms with Gasteiger partial charge in [-0.25, -0.2) is 0 Å². The van der Waals surface area contributed by atoms with E-state index in [0.29, 0.717) is 25.0 Å². The van der Waals surface area contributed by atoms with Gasteiger partial charge in [-0.3, -0.25) is 9.59 Å². The zero-order chi connectivity index (χ0) is 28.2. The molecular weight excluding hydrogens is 500 g/mol. The van der Waals surface area contributed by atoms with Crippen molar-refractivity contribution < 1.29 is 9.47 Å². The first-order valence-corrected chi connectivity index (χ1v) is 15.7. The second-order valence-corrected chi connectivity index (χ2v) is 14.7. The molecule has 6 nitrogen and oxygen atoms in total. The van der Waals surface area contributed by atoms with Crippen molar-refractivity contribution in [1.29, 1.82) is 0 Å². The molecule has 2 saturated carbocycles. The Morgan fingerprint density at radius 1 is 0.775 bits per heavy atom. The van der Waals surface area contributed by atoms with Crippen molar-refractivity contribution >= 4 is 0 Å². The van der Waals surface area contributed by atoms with Crippen molar-refractivity contribution in [2.24, 2.45) is 0 Å². The Morgan fingerprint density at radius 3 is 1.95 bits per heavy atom. The Kier molecular flexibility index (Phi) is 7.40. The number of nitrogens with zero attached hydrogens (tertiary/aromatic N) is 2. The summed E-state index contributed by atoms with van der Waals surface area (Å²) < 4.78 is 16.1. The lowest BCUT2D eigenvalue weighted by atomic mass is 9.78. The number of rotatable bonds is 7. The summed E-state index contributed by atoms with van der Waals surface area (Å²) in [4.78, 5) is 27.7. The second kappa shape index (κ2) is 10.6. The normalized spacial score (nSPS) is 26.2. The van der Waals surface area contributed by atoms with E-state index < -0.39 is 0 Å². The third-order valence-corrected chi connectivity index (χ3v) is 9.76.